The van der Waals surface area contributed by atoms with E-state index in [9.17, 15) is 9.59 Å². The number of aryl methyl sites for hydroxylation is 1. The molecule has 3 heterocycles. The number of anilines is 1. The van der Waals surface area contributed by atoms with Gasteiger partial charge in [0, 0.05) is 21.3 Å². The Hall–Kier alpha value is -2.89. The first-order chi connectivity index (χ1) is 18.0. The minimum Gasteiger partial charge on any atom is -0.462 e. The number of amides is 1. The van der Waals surface area contributed by atoms with Crippen LogP contribution >= 0.6 is 39.0 Å². The van der Waals surface area contributed by atoms with Crippen molar-refractivity contribution in [3.63, 3.8) is 0 Å². The van der Waals surface area contributed by atoms with Crippen LogP contribution in [0.25, 0.3) is 22.6 Å². The molecule has 0 saturated carbocycles. The zero-order valence-corrected chi connectivity index (χ0v) is 23.4. The summed E-state index contributed by atoms with van der Waals surface area (Å²) >= 11 is 6.23. The van der Waals surface area contributed by atoms with Crippen LogP contribution in [-0.2, 0) is 28.9 Å². The van der Waals surface area contributed by atoms with Gasteiger partial charge in [0.1, 0.15) is 10.6 Å². The Morgan fingerprint density at radius 2 is 2.14 bits per heavy atom. The largest absolute Gasteiger partial charge is 0.462 e. The molecular formula is C26H25BrN4O4S2. The zero-order chi connectivity index (χ0) is 25.9. The Bertz CT molecular complexity index is 1490. The van der Waals surface area contributed by atoms with Gasteiger partial charge in [0.15, 0.2) is 10.9 Å². The molecule has 1 aliphatic rings. The number of ether oxygens (including phenoxy) is 1. The van der Waals surface area contributed by atoms with Crippen molar-refractivity contribution in [3.05, 3.63) is 57.4 Å². The SMILES string of the molecule is C=CCn1c(SCC(=O)Nc2sc3c(c2C(=O)OCC)CCCC3)nnc1-c1cc2cc(Br)ccc2o1. The molecule has 1 aliphatic carbocycles. The van der Waals surface area contributed by atoms with E-state index in [4.69, 9.17) is 9.15 Å². The summed E-state index contributed by atoms with van der Waals surface area (Å²) in [5, 5.41) is 13.7. The molecule has 0 atom stereocenters. The normalized spacial score (nSPS) is 12.9. The predicted molar refractivity (Wildman–Crippen MR) is 149 cm³/mol. The van der Waals surface area contributed by atoms with Crippen LogP contribution in [-0.4, -0.2) is 39.0 Å². The molecule has 1 N–H and O–H groups in total. The number of thiophene rings is 1. The number of furan rings is 1. The lowest BCUT2D eigenvalue weighted by molar-refractivity contribution is -0.113. The molecule has 0 saturated heterocycles. The minimum absolute atomic E-state index is 0.104. The Kier molecular flexibility index (Phi) is 7.82. The first kappa shape index (κ1) is 25.7. The lowest BCUT2D eigenvalue weighted by Gasteiger charge is -2.12. The number of hydrogen-bond donors (Lipinski definition) is 1. The van der Waals surface area contributed by atoms with Gasteiger partial charge < -0.3 is 14.5 Å². The average molecular weight is 602 g/mol. The third-order valence-corrected chi connectivity index (χ3v) is 8.63. The summed E-state index contributed by atoms with van der Waals surface area (Å²) in [6.07, 6.45) is 5.62. The zero-order valence-electron chi connectivity index (χ0n) is 20.2. The van der Waals surface area contributed by atoms with E-state index in [1.165, 1.54) is 23.1 Å². The van der Waals surface area contributed by atoms with Crippen LogP contribution in [0.3, 0.4) is 0 Å². The summed E-state index contributed by atoms with van der Waals surface area (Å²) in [5.41, 5.74) is 2.27. The number of thioether (sulfide) groups is 1. The van der Waals surface area contributed by atoms with Crippen LogP contribution in [0.1, 0.15) is 40.6 Å². The Morgan fingerprint density at radius 1 is 1.30 bits per heavy atom. The van der Waals surface area contributed by atoms with E-state index in [0.717, 1.165) is 51.6 Å². The van der Waals surface area contributed by atoms with Gasteiger partial charge >= 0.3 is 5.97 Å². The molecule has 192 valence electrons. The average Bonchev–Trinajstić information content (AvgIpc) is 3.57. The van der Waals surface area contributed by atoms with Crippen LogP contribution in [0.15, 0.2) is 51.0 Å². The van der Waals surface area contributed by atoms with Crippen LogP contribution in [0.4, 0.5) is 5.00 Å². The number of carbonyl (C=O) groups excluding carboxylic acids is 2. The number of benzene rings is 1. The number of carbonyl (C=O) groups is 2. The fourth-order valence-corrected chi connectivity index (χ4v) is 6.78. The molecule has 0 radical (unpaired) electrons. The highest BCUT2D eigenvalue weighted by molar-refractivity contribution is 9.10. The number of rotatable bonds is 9. The molecule has 8 nitrogen and oxygen atoms in total. The molecule has 0 bridgehead atoms. The van der Waals surface area contributed by atoms with Crippen molar-refractivity contribution >= 4 is 66.9 Å². The molecule has 1 amide bonds. The minimum atomic E-state index is -0.377. The quantitative estimate of drug-likeness (QED) is 0.133. The maximum Gasteiger partial charge on any atom is 0.341 e. The van der Waals surface area contributed by atoms with Crippen molar-refractivity contribution in [2.75, 3.05) is 17.7 Å². The van der Waals surface area contributed by atoms with Crippen molar-refractivity contribution in [3.8, 4) is 11.6 Å². The first-order valence-electron chi connectivity index (χ1n) is 12.0. The predicted octanol–water partition coefficient (Wildman–Crippen LogP) is 6.49. The van der Waals surface area contributed by atoms with Crippen LogP contribution in [0.2, 0.25) is 0 Å². The van der Waals surface area contributed by atoms with Gasteiger partial charge in [-0.3, -0.25) is 9.36 Å². The number of halogens is 1. The number of fused-ring (bicyclic) bond motifs is 2. The van der Waals surface area contributed by atoms with Crippen molar-refractivity contribution in [2.24, 2.45) is 0 Å². The van der Waals surface area contributed by atoms with Gasteiger partial charge in [0.05, 0.1) is 17.9 Å². The van der Waals surface area contributed by atoms with Crippen LogP contribution in [0, 0.1) is 0 Å². The van der Waals surface area contributed by atoms with Gasteiger partial charge in [0.25, 0.3) is 0 Å². The van der Waals surface area contributed by atoms with Crippen LogP contribution in [0.5, 0.6) is 0 Å². The Labute approximate surface area is 230 Å². The number of nitrogens with one attached hydrogen (secondary N) is 1. The van der Waals surface area contributed by atoms with E-state index in [0.29, 0.717) is 33.9 Å². The molecule has 11 heteroatoms. The summed E-state index contributed by atoms with van der Waals surface area (Å²) in [6.45, 7) is 6.37. The fraction of sp³-hybridized carbons (Fsp3) is 0.308. The second-order valence-corrected chi connectivity index (χ2v) is 11.4. The van der Waals surface area contributed by atoms with Crippen molar-refractivity contribution in [2.45, 2.75) is 44.3 Å². The van der Waals surface area contributed by atoms with E-state index in [-0.39, 0.29) is 24.2 Å². The van der Waals surface area contributed by atoms with Gasteiger partial charge in [-0.2, -0.15) is 0 Å². The molecule has 0 fully saturated rings. The molecule has 37 heavy (non-hydrogen) atoms. The second kappa shape index (κ2) is 11.2. The number of allylic oxidation sites excluding steroid dienone is 1. The lowest BCUT2D eigenvalue weighted by atomic mass is 9.95. The molecular weight excluding hydrogens is 576 g/mol. The highest BCUT2D eigenvalue weighted by atomic mass is 79.9. The number of hydrogen-bond acceptors (Lipinski definition) is 8. The van der Waals surface area contributed by atoms with Gasteiger partial charge in [-0.25, -0.2) is 4.79 Å². The second-order valence-electron chi connectivity index (χ2n) is 8.47. The van der Waals surface area contributed by atoms with Crippen molar-refractivity contribution in [1.29, 1.82) is 0 Å². The summed E-state index contributed by atoms with van der Waals surface area (Å²) in [6, 6.07) is 7.70. The third-order valence-electron chi connectivity index (χ3n) is 5.96. The third kappa shape index (κ3) is 5.39. The molecule has 1 aromatic carbocycles. The van der Waals surface area contributed by atoms with E-state index in [1.54, 1.807) is 13.0 Å². The first-order valence-corrected chi connectivity index (χ1v) is 14.6. The summed E-state index contributed by atoms with van der Waals surface area (Å²) in [5.74, 6) is 0.649. The monoisotopic (exact) mass is 600 g/mol. The van der Waals surface area contributed by atoms with E-state index >= 15 is 0 Å². The Balaban J connectivity index is 1.34. The fourth-order valence-electron chi connectivity index (χ4n) is 4.36. The van der Waals surface area contributed by atoms with Crippen molar-refractivity contribution in [1.82, 2.24) is 14.8 Å². The summed E-state index contributed by atoms with van der Waals surface area (Å²) < 4.78 is 14.1. The maximum absolute atomic E-state index is 12.9. The van der Waals surface area contributed by atoms with E-state index in [1.807, 2.05) is 28.8 Å². The highest BCUT2D eigenvalue weighted by Gasteiger charge is 2.27. The van der Waals surface area contributed by atoms with E-state index in [2.05, 4.69) is 38.0 Å². The Morgan fingerprint density at radius 3 is 2.95 bits per heavy atom. The van der Waals surface area contributed by atoms with Crippen LogP contribution < -0.4 is 5.32 Å². The van der Waals surface area contributed by atoms with Gasteiger partial charge in [-0.1, -0.05) is 33.8 Å². The van der Waals surface area contributed by atoms with Gasteiger partial charge in [0.2, 0.25) is 11.7 Å². The maximum atomic E-state index is 12.9. The molecule has 0 unspecified atom stereocenters. The van der Waals surface area contributed by atoms with E-state index < -0.39 is 0 Å². The molecule has 5 rings (SSSR count). The smallest absolute Gasteiger partial charge is 0.341 e. The number of nitrogens with zero attached hydrogens (tertiary/aromatic N) is 3. The number of esters is 1. The summed E-state index contributed by atoms with van der Waals surface area (Å²) in [7, 11) is 0. The topological polar surface area (TPSA) is 99.2 Å². The number of aromatic nitrogens is 3. The standard InChI is InChI=1S/C26H25BrN4O4S2/c1-3-11-31-23(19-13-15-12-16(27)9-10-18(15)35-19)29-30-26(31)36-14-21(32)28-24-22(25(33)34-4-2)17-7-5-6-8-20(17)37-24/h3,9-10,12-13H,1,4-8,11,14H2,2H3,(H,28,32). The van der Waals surface area contributed by atoms with Crippen molar-refractivity contribution < 1.29 is 18.7 Å². The highest BCUT2D eigenvalue weighted by Crippen LogP contribution is 2.39. The molecule has 3 aromatic heterocycles. The van der Waals surface area contributed by atoms with Gasteiger partial charge in [-0.05, 0) is 62.4 Å². The molecule has 0 spiro atoms. The van der Waals surface area contributed by atoms with Gasteiger partial charge in [-0.15, -0.1) is 28.1 Å². The molecule has 0 aliphatic heterocycles. The molecule has 4 aromatic rings. The lowest BCUT2D eigenvalue weighted by Crippen LogP contribution is -2.17. The summed E-state index contributed by atoms with van der Waals surface area (Å²) in [4.78, 5) is 26.8.